The molecule has 0 radical (unpaired) electrons. The van der Waals surface area contributed by atoms with Crippen molar-refractivity contribution in [3.8, 4) is 17.6 Å². The molecule has 2 rings (SSSR count). The van der Waals surface area contributed by atoms with E-state index in [1.807, 2.05) is 36.4 Å². The van der Waals surface area contributed by atoms with Gasteiger partial charge in [-0.25, -0.2) is 0 Å². The number of nitrogens with zero attached hydrogens (tertiary/aromatic N) is 1. The van der Waals surface area contributed by atoms with Gasteiger partial charge in [-0.05, 0) is 36.4 Å². The fraction of sp³-hybridized carbons (Fsp3) is 0.188. The molecular weight excluding hydrogens is 254 g/mol. The van der Waals surface area contributed by atoms with Crippen molar-refractivity contribution in [1.82, 2.24) is 0 Å². The van der Waals surface area contributed by atoms with Gasteiger partial charge in [0.1, 0.15) is 30.8 Å². The zero-order chi connectivity index (χ0) is 14.2. The zero-order valence-electron chi connectivity index (χ0n) is 10.9. The van der Waals surface area contributed by atoms with E-state index >= 15 is 0 Å². The van der Waals surface area contributed by atoms with Gasteiger partial charge in [-0.15, -0.1) is 0 Å². The Bertz CT molecular complexity index is 561. The van der Waals surface area contributed by atoms with Gasteiger partial charge < -0.3 is 14.6 Å². The van der Waals surface area contributed by atoms with E-state index in [2.05, 4.69) is 0 Å². The summed E-state index contributed by atoms with van der Waals surface area (Å²) < 4.78 is 10.8. The Kier molecular flexibility index (Phi) is 4.99. The molecule has 2 aromatic rings. The third-order valence-electron chi connectivity index (χ3n) is 2.61. The molecule has 0 fully saturated rings. The van der Waals surface area contributed by atoms with Gasteiger partial charge in [-0.1, -0.05) is 18.2 Å². The molecule has 4 heteroatoms. The third-order valence-corrected chi connectivity index (χ3v) is 2.61. The van der Waals surface area contributed by atoms with Crippen molar-refractivity contribution >= 4 is 0 Å². The van der Waals surface area contributed by atoms with Crippen LogP contribution in [0, 0.1) is 11.3 Å². The van der Waals surface area contributed by atoms with Crippen LogP contribution < -0.4 is 9.47 Å². The number of benzene rings is 2. The highest BCUT2D eigenvalue weighted by molar-refractivity contribution is 5.34. The monoisotopic (exact) mass is 269 g/mol. The highest BCUT2D eigenvalue weighted by Gasteiger charge is 2.06. The smallest absolute Gasteiger partial charge is 0.122 e. The fourth-order valence-electron chi connectivity index (χ4n) is 1.58. The lowest BCUT2D eigenvalue weighted by Crippen LogP contribution is -2.25. The van der Waals surface area contributed by atoms with Gasteiger partial charge in [0.05, 0.1) is 11.6 Å². The van der Waals surface area contributed by atoms with E-state index in [0.29, 0.717) is 17.1 Å². The molecule has 0 aromatic heterocycles. The summed E-state index contributed by atoms with van der Waals surface area (Å²) >= 11 is 0. The molecule has 102 valence electrons. The van der Waals surface area contributed by atoms with Gasteiger partial charge in [0.2, 0.25) is 0 Å². The second kappa shape index (κ2) is 7.17. The van der Waals surface area contributed by atoms with Crippen molar-refractivity contribution in [3.63, 3.8) is 0 Å². The summed E-state index contributed by atoms with van der Waals surface area (Å²) in [6.07, 6.45) is -0.717. The average molecular weight is 269 g/mol. The first kappa shape index (κ1) is 13.9. The quantitative estimate of drug-likeness (QED) is 0.874. The highest BCUT2D eigenvalue weighted by Crippen LogP contribution is 2.12. The second-order valence-corrected chi connectivity index (χ2v) is 4.23. The fourth-order valence-corrected chi connectivity index (χ4v) is 1.58. The molecule has 0 unspecified atom stereocenters. The summed E-state index contributed by atoms with van der Waals surface area (Å²) in [5.41, 5.74) is 0.574. The average Bonchev–Trinajstić information content (AvgIpc) is 2.52. The van der Waals surface area contributed by atoms with Crippen molar-refractivity contribution in [3.05, 3.63) is 60.2 Å². The van der Waals surface area contributed by atoms with Crippen LogP contribution in [0.4, 0.5) is 0 Å². The highest BCUT2D eigenvalue weighted by atomic mass is 16.5. The van der Waals surface area contributed by atoms with E-state index < -0.39 is 6.10 Å². The van der Waals surface area contributed by atoms with Crippen LogP contribution in [0.1, 0.15) is 5.56 Å². The maximum atomic E-state index is 9.77. The van der Waals surface area contributed by atoms with E-state index in [1.165, 1.54) is 0 Å². The second-order valence-electron chi connectivity index (χ2n) is 4.23. The Morgan fingerprint density at radius 1 is 0.900 bits per heavy atom. The summed E-state index contributed by atoms with van der Waals surface area (Å²) in [5, 5.41) is 18.4. The number of nitriles is 1. The maximum absolute atomic E-state index is 9.77. The maximum Gasteiger partial charge on any atom is 0.122 e. The van der Waals surface area contributed by atoms with Crippen molar-refractivity contribution in [2.75, 3.05) is 13.2 Å². The summed E-state index contributed by atoms with van der Waals surface area (Å²) in [5.74, 6) is 1.33. The zero-order valence-corrected chi connectivity index (χ0v) is 10.9. The molecular formula is C16H15NO3. The first-order valence-corrected chi connectivity index (χ1v) is 6.27. The molecule has 1 atom stereocenters. The van der Waals surface area contributed by atoms with Crippen LogP contribution in [0.25, 0.3) is 0 Å². The van der Waals surface area contributed by atoms with Crippen LogP contribution in [-0.2, 0) is 0 Å². The molecule has 0 aliphatic heterocycles. The molecule has 0 bridgehead atoms. The minimum atomic E-state index is -0.717. The van der Waals surface area contributed by atoms with Crippen molar-refractivity contribution in [1.29, 1.82) is 5.26 Å². The van der Waals surface area contributed by atoms with Crippen molar-refractivity contribution in [2.45, 2.75) is 6.10 Å². The summed E-state index contributed by atoms with van der Waals surface area (Å²) in [6, 6.07) is 18.1. The van der Waals surface area contributed by atoms with Gasteiger partial charge in [-0.3, -0.25) is 0 Å². The molecule has 20 heavy (non-hydrogen) atoms. The van der Waals surface area contributed by atoms with Crippen LogP contribution in [0.15, 0.2) is 54.6 Å². The number of ether oxygens (including phenoxy) is 2. The first-order chi connectivity index (χ1) is 9.78. The number of aliphatic hydroxyl groups is 1. The third kappa shape index (κ3) is 4.30. The van der Waals surface area contributed by atoms with Crippen LogP contribution in [0.2, 0.25) is 0 Å². The number of hydrogen-bond acceptors (Lipinski definition) is 4. The van der Waals surface area contributed by atoms with Gasteiger partial charge in [0, 0.05) is 0 Å². The predicted molar refractivity (Wildman–Crippen MR) is 74.6 cm³/mol. The summed E-state index contributed by atoms with van der Waals surface area (Å²) in [7, 11) is 0. The Morgan fingerprint density at radius 3 is 2.00 bits per heavy atom. The lowest BCUT2D eigenvalue weighted by molar-refractivity contribution is 0.0626. The molecule has 2 aromatic carbocycles. The summed E-state index contributed by atoms with van der Waals surface area (Å²) in [6.45, 7) is 0.305. The van der Waals surface area contributed by atoms with E-state index in [4.69, 9.17) is 14.7 Å². The van der Waals surface area contributed by atoms with E-state index in [9.17, 15) is 5.11 Å². The SMILES string of the molecule is N#Cc1ccc(OC[C@H](O)COc2ccccc2)cc1. The molecule has 0 amide bonds. The Labute approximate surface area is 117 Å². The first-order valence-electron chi connectivity index (χ1n) is 6.27. The van der Waals surface area contributed by atoms with Gasteiger partial charge in [-0.2, -0.15) is 5.26 Å². The molecule has 0 aliphatic rings. The summed E-state index contributed by atoms with van der Waals surface area (Å²) in [4.78, 5) is 0. The number of aliphatic hydroxyl groups excluding tert-OH is 1. The molecule has 0 heterocycles. The standard InChI is InChI=1S/C16H15NO3/c17-10-13-6-8-16(9-7-13)20-12-14(18)11-19-15-4-2-1-3-5-15/h1-9,14,18H,11-12H2/t14-/m1/s1. The van der Waals surface area contributed by atoms with E-state index in [0.717, 1.165) is 0 Å². The van der Waals surface area contributed by atoms with Crippen molar-refractivity contribution < 1.29 is 14.6 Å². The lowest BCUT2D eigenvalue weighted by Gasteiger charge is -2.13. The molecule has 0 spiro atoms. The predicted octanol–water partition coefficient (Wildman–Crippen LogP) is 2.38. The van der Waals surface area contributed by atoms with Gasteiger partial charge >= 0.3 is 0 Å². The lowest BCUT2D eigenvalue weighted by atomic mass is 10.2. The topological polar surface area (TPSA) is 62.5 Å². The van der Waals surface area contributed by atoms with Gasteiger partial charge in [0.15, 0.2) is 0 Å². The van der Waals surface area contributed by atoms with Crippen molar-refractivity contribution in [2.24, 2.45) is 0 Å². The van der Waals surface area contributed by atoms with E-state index in [1.54, 1.807) is 24.3 Å². The largest absolute Gasteiger partial charge is 0.491 e. The molecule has 0 saturated carbocycles. The Hall–Kier alpha value is -2.51. The molecule has 4 nitrogen and oxygen atoms in total. The number of hydrogen-bond donors (Lipinski definition) is 1. The molecule has 0 saturated heterocycles. The number of rotatable bonds is 6. The Morgan fingerprint density at radius 2 is 1.45 bits per heavy atom. The van der Waals surface area contributed by atoms with Crippen LogP contribution in [-0.4, -0.2) is 24.4 Å². The van der Waals surface area contributed by atoms with E-state index in [-0.39, 0.29) is 13.2 Å². The number of para-hydroxylation sites is 1. The van der Waals surface area contributed by atoms with Crippen LogP contribution >= 0.6 is 0 Å². The minimum absolute atomic E-state index is 0.138. The molecule has 0 aliphatic carbocycles. The molecule has 1 N–H and O–H groups in total. The van der Waals surface area contributed by atoms with Gasteiger partial charge in [0.25, 0.3) is 0 Å². The normalized spacial score (nSPS) is 11.4. The van der Waals surface area contributed by atoms with Crippen LogP contribution in [0.5, 0.6) is 11.5 Å². The Balaban J connectivity index is 1.74. The minimum Gasteiger partial charge on any atom is -0.491 e. The van der Waals surface area contributed by atoms with Crippen LogP contribution in [0.3, 0.4) is 0 Å².